The van der Waals surface area contributed by atoms with E-state index in [1.54, 1.807) is 6.07 Å². The van der Waals surface area contributed by atoms with E-state index in [1.165, 1.54) is 6.07 Å². The van der Waals surface area contributed by atoms with Crippen molar-refractivity contribution in [1.82, 2.24) is 10.2 Å². The van der Waals surface area contributed by atoms with Crippen molar-refractivity contribution >= 4 is 15.9 Å². The zero-order chi connectivity index (χ0) is 13.9. The second-order valence-corrected chi connectivity index (χ2v) is 6.41. The molecule has 4 heteroatoms. The van der Waals surface area contributed by atoms with Crippen LogP contribution in [0.2, 0.25) is 0 Å². The molecule has 1 unspecified atom stereocenters. The SMILES string of the molecule is CCC1(C)CN(Cc2cccc(F)c2Br)CCCN1. The minimum Gasteiger partial charge on any atom is -0.310 e. The highest BCUT2D eigenvalue weighted by Crippen LogP contribution is 2.24. The van der Waals surface area contributed by atoms with Gasteiger partial charge in [0.15, 0.2) is 0 Å². The van der Waals surface area contributed by atoms with Gasteiger partial charge in [-0.1, -0.05) is 19.1 Å². The van der Waals surface area contributed by atoms with Gasteiger partial charge >= 0.3 is 0 Å². The highest BCUT2D eigenvalue weighted by molar-refractivity contribution is 9.10. The smallest absolute Gasteiger partial charge is 0.137 e. The predicted octanol–water partition coefficient (Wildman–Crippen LogP) is 3.55. The summed E-state index contributed by atoms with van der Waals surface area (Å²) >= 11 is 3.35. The number of halogens is 2. The van der Waals surface area contributed by atoms with Crippen LogP contribution in [-0.4, -0.2) is 30.1 Å². The number of nitrogens with one attached hydrogen (secondary N) is 1. The molecule has 19 heavy (non-hydrogen) atoms. The third-order valence-corrected chi connectivity index (χ3v) is 4.87. The van der Waals surface area contributed by atoms with Crippen LogP contribution >= 0.6 is 15.9 Å². The highest BCUT2D eigenvalue weighted by Gasteiger charge is 2.27. The van der Waals surface area contributed by atoms with Crippen LogP contribution in [0.25, 0.3) is 0 Å². The maximum atomic E-state index is 13.6. The van der Waals surface area contributed by atoms with Crippen molar-refractivity contribution < 1.29 is 4.39 Å². The number of hydrogen-bond donors (Lipinski definition) is 1. The minimum absolute atomic E-state index is 0.163. The van der Waals surface area contributed by atoms with Gasteiger partial charge in [0, 0.05) is 18.6 Å². The van der Waals surface area contributed by atoms with Gasteiger partial charge in [0.1, 0.15) is 5.82 Å². The standard InChI is InChI=1S/C15H22BrFN2/c1-3-15(2)11-19(9-5-8-18-15)10-12-6-4-7-13(17)14(12)16/h4,6-7,18H,3,5,8-11H2,1-2H3. The lowest BCUT2D eigenvalue weighted by Gasteiger charge is -2.32. The second-order valence-electron chi connectivity index (χ2n) is 5.62. The van der Waals surface area contributed by atoms with Crippen LogP contribution in [0.3, 0.4) is 0 Å². The van der Waals surface area contributed by atoms with Gasteiger partial charge in [0.25, 0.3) is 0 Å². The molecule has 1 aliphatic heterocycles. The first-order chi connectivity index (χ1) is 9.04. The Hall–Kier alpha value is -0.450. The van der Waals surface area contributed by atoms with E-state index in [-0.39, 0.29) is 11.4 Å². The Morgan fingerprint density at radius 1 is 1.47 bits per heavy atom. The molecule has 1 saturated heterocycles. The molecule has 2 nitrogen and oxygen atoms in total. The van der Waals surface area contributed by atoms with Crippen molar-refractivity contribution in [3.8, 4) is 0 Å². The molecule has 1 heterocycles. The van der Waals surface area contributed by atoms with Crippen LogP contribution in [0.4, 0.5) is 4.39 Å². The molecule has 1 aromatic rings. The van der Waals surface area contributed by atoms with E-state index in [4.69, 9.17) is 0 Å². The first-order valence-electron chi connectivity index (χ1n) is 6.94. The van der Waals surface area contributed by atoms with Gasteiger partial charge in [-0.15, -0.1) is 0 Å². The molecule has 0 aliphatic carbocycles. The highest BCUT2D eigenvalue weighted by atomic mass is 79.9. The Balaban J connectivity index is 2.11. The van der Waals surface area contributed by atoms with Gasteiger partial charge in [-0.2, -0.15) is 0 Å². The zero-order valence-electron chi connectivity index (χ0n) is 11.7. The Bertz CT molecular complexity index is 438. The summed E-state index contributed by atoms with van der Waals surface area (Å²) in [5, 5.41) is 3.62. The van der Waals surface area contributed by atoms with E-state index in [0.717, 1.165) is 44.6 Å². The summed E-state index contributed by atoms with van der Waals surface area (Å²) in [5.74, 6) is -0.177. The van der Waals surface area contributed by atoms with Crippen LogP contribution in [-0.2, 0) is 6.54 Å². The molecular weight excluding hydrogens is 307 g/mol. The molecule has 1 aromatic carbocycles. The average molecular weight is 329 g/mol. The molecule has 1 aliphatic rings. The molecule has 0 spiro atoms. The van der Waals surface area contributed by atoms with Crippen molar-refractivity contribution in [2.75, 3.05) is 19.6 Å². The van der Waals surface area contributed by atoms with Gasteiger partial charge in [-0.3, -0.25) is 4.90 Å². The fourth-order valence-corrected chi connectivity index (χ4v) is 2.99. The topological polar surface area (TPSA) is 15.3 Å². The van der Waals surface area contributed by atoms with E-state index in [0.29, 0.717) is 4.47 Å². The molecule has 2 rings (SSSR count). The monoisotopic (exact) mass is 328 g/mol. The van der Waals surface area contributed by atoms with Gasteiger partial charge in [-0.05, 0) is 60.4 Å². The lowest BCUT2D eigenvalue weighted by atomic mass is 9.98. The molecule has 0 saturated carbocycles. The van der Waals surface area contributed by atoms with Crippen molar-refractivity contribution in [1.29, 1.82) is 0 Å². The third kappa shape index (κ3) is 3.77. The Kier molecular flexibility index (Phi) is 4.98. The van der Waals surface area contributed by atoms with Crippen molar-refractivity contribution in [2.24, 2.45) is 0 Å². The van der Waals surface area contributed by atoms with Crippen LogP contribution in [0, 0.1) is 5.82 Å². The van der Waals surface area contributed by atoms with Crippen molar-refractivity contribution in [3.63, 3.8) is 0 Å². The quantitative estimate of drug-likeness (QED) is 0.912. The maximum Gasteiger partial charge on any atom is 0.137 e. The fraction of sp³-hybridized carbons (Fsp3) is 0.600. The lowest BCUT2D eigenvalue weighted by Crippen LogP contribution is -2.48. The molecule has 1 fully saturated rings. The Morgan fingerprint density at radius 2 is 2.26 bits per heavy atom. The largest absolute Gasteiger partial charge is 0.310 e. The second kappa shape index (κ2) is 6.33. The third-order valence-electron chi connectivity index (χ3n) is 3.98. The van der Waals surface area contributed by atoms with Crippen LogP contribution in [0.1, 0.15) is 32.3 Å². The van der Waals surface area contributed by atoms with Crippen LogP contribution < -0.4 is 5.32 Å². The van der Waals surface area contributed by atoms with E-state index < -0.39 is 0 Å². The molecule has 0 bridgehead atoms. The first kappa shape index (κ1) is 14.9. The van der Waals surface area contributed by atoms with Gasteiger partial charge in [0.2, 0.25) is 0 Å². The van der Waals surface area contributed by atoms with Crippen LogP contribution in [0.5, 0.6) is 0 Å². The maximum absolute atomic E-state index is 13.6. The van der Waals surface area contributed by atoms with Crippen molar-refractivity contribution in [2.45, 2.75) is 38.8 Å². The van der Waals surface area contributed by atoms with E-state index in [1.807, 2.05) is 6.07 Å². The van der Waals surface area contributed by atoms with Gasteiger partial charge in [0.05, 0.1) is 4.47 Å². The number of rotatable bonds is 3. The number of hydrogen-bond acceptors (Lipinski definition) is 2. The Labute approximate surface area is 123 Å². The molecule has 106 valence electrons. The Morgan fingerprint density at radius 3 is 3.00 bits per heavy atom. The summed E-state index contributed by atoms with van der Waals surface area (Å²) < 4.78 is 14.2. The summed E-state index contributed by atoms with van der Waals surface area (Å²) in [6, 6.07) is 5.27. The number of nitrogens with zero attached hydrogens (tertiary/aromatic N) is 1. The number of benzene rings is 1. The zero-order valence-corrected chi connectivity index (χ0v) is 13.3. The summed E-state index contributed by atoms with van der Waals surface area (Å²) in [7, 11) is 0. The summed E-state index contributed by atoms with van der Waals surface area (Å²) in [6.07, 6.45) is 2.25. The van der Waals surface area contributed by atoms with Gasteiger partial charge in [-0.25, -0.2) is 4.39 Å². The van der Waals surface area contributed by atoms with E-state index in [2.05, 4.69) is 40.0 Å². The fourth-order valence-electron chi connectivity index (χ4n) is 2.60. The van der Waals surface area contributed by atoms with E-state index >= 15 is 0 Å². The molecule has 0 aromatic heterocycles. The normalized spacial score (nSPS) is 25.3. The average Bonchev–Trinajstić information content (AvgIpc) is 2.58. The first-order valence-corrected chi connectivity index (χ1v) is 7.73. The van der Waals surface area contributed by atoms with Crippen molar-refractivity contribution in [3.05, 3.63) is 34.1 Å². The van der Waals surface area contributed by atoms with E-state index in [9.17, 15) is 4.39 Å². The lowest BCUT2D eigenvalue weighted by molar-refractivity contribution is 0.208. The molecule has 0 amide bonds. The predicted molar refractivity (Wildman–Crippen MR) is 80.7 cm³/mol. The summed E-state index contributed by atoms with van der Waals surface area (Å²) in [4.78, 5) is 2.42. The van der Waals surface area contributed by atoms with Gasteiger partial charge < -0.3 is 5.32 Å². The molecule has 0 radical (unpaired) electrons. The molecule has 1 atom stereocenters. The molecule has 1 N–H and O–H groups in total. The summed E-state index contributed by atoms with van der Waals surface area (Å²) in [5.41, 5.74) is 1.19. The molecular formula is C15H22BrFN2. The summed E-state index contributed by atoms with van der Waals surface area (Å²) in [6.45, 7) is 8.42. The van der Waals surface area contributed by atoms with Crippen LogP contribution in [0.15, 0.2) is 22.7 Å². The minimum atomic E-state index is -0.177.